The highest BCUT2D eigenvalue weighted by Crippen LogP contribution is 2.44. The third-order valence-corrected chi connectivity index (χ3v) is 11.3. The molecule has 29 nitrogen and oxygen atoms in total. The number of allylic oxidation sites excluding steroid dienone is 4. The monoisotopic (exact) mass is 1380 g/mol. The van der Waals surface area contributed by atoms with E-state index in [-0.39, 0.29) is 79.3 Å². The first-order valence-corrected chi connectivity index (χ1v) is 27.8. The van der Waals surface area contributed by atoms with Crippen LogP contribution in [0.4, 0.5) is 0 Å². The lowest BCUT2D eigenvalue weighted by Crippen LogP contribution is -2.40. The summed E-state index contributed by atoms with van der Waals surface area (Å²) in [5, 5.41) is 13.1. The Labute approximate surface area is 545 Å². The second-order valence-corrected chi connectivity index (χ2v) is 19.7. The van der Waals surface area contributed by atoms with Crippen molar-refractivity contribution in [1.29, 1.82) is 0 Å². The van der Waals surface area contributed by atoms with Gasteiger partial charge < -0.3 is 90.7 Å². The Morgan fingerprint density at radius 3 is 0.868 bits per heavy atom. The van der Waals surface area contributed by atoms with Crippen molar-refractivity contribution in [3.8, 4) is 34.5 Å². The van der Waals surface area contributed by atoms with Gasteiger partial charge in [0.1, 0.15) is 74.1 Å². The lowest BCUT2D eigenvalue weighted by molar-refractivity contribution is -0.239. The van der Waals surface area contributed by atoms with Gasteiger partial charge in [0.25, 0.3) is 0 Å². The zero-order valence-electron chi connectivity index (χ0n) is 52.6. The maximum absolute atomic E-state index is 12.3. The molecule has 2 aromatic rings. The average molecular weight is 1380 g/mol. The van der Waals surface area contributed by atoms with E-state index in [9.17, 15) is 47.9 Å². The Bertz CT molecular complexity index is 2630. The van der Waals surface area contributed by atoms with Crippen LogP contribution >= 0.6 is 46.4 Å². The van der Waals surface area contributed by atoms with Crippen LogP contribution in [0.5, 0.6) is 34.5 Å². The third-order valence-electron chi connectivity index (χ3n) is 10.8. The van der Waals surface area contributed by atoms with E-state index in [1.807, 2.05) is 13.8 Å². The molecule has 0 saturated carbocycles. The number of rotatable bonds is 32. The van der Waals surface area contributed by atoms with Crippen molar-refractivity contribution >= 4 is 103 Å². The van der Waals surface area contributed by atoms with Gasteiger partial charge in [0, 0.05) is 98.8 Å². The first kappa shape index (κ1) is 79.4. The van der Waals surface area contributed by atoms with Gasteiger partial charge in [-0.3, -0.25) is 19.2 Å². The number of carbonyl (C=O) groups is 10. The van der Waals surface area contributed by atoms with Crippen molar-refractivity contribution in [1.82, 2.24) is 0 Å². The van der Waals surface area contributed by atoms with Gasteiger partial charge in [0.05, 0.1) is 107 Å². The van der Waals surface area contributed by atoms with Crippen LogP contribution < -0.4 is 28.4 Å². The molecule has 2 aliphatic rings. The zero-order valence-corrected chi connectivity index (χ0v) is 53.6. The van der Waals surface area contributed by atoms with Gasteiger partial charge >= 0.3 is 35.8 Å². The van der Waals surface area contributed by atoms with Gasteiger partial charge in [-0.2, -0.15) is 0 Å². The van der Waals surface area contributed by atoms with Crippen molar-refractivity contribution in [2.45, 2.75) is 26.4 Å². The lowest BCUT2D eigenvalue weighted by atomic mass is 9.93. The fraction of sp³-hybridized carbons (Fsp3) is 0.448. The Hall–Kier alpha value is -7.68. The molecular weight excluding hydrogens is 1300 g/mol. The fourth-order valence-electron chi connectivity index (χ4n) is 6.57. The van der Waals surface area contributed by atoms with Crippen LogP contribution in [0, 0.1) is 10.8 Å². The molecule has 0 aliphatic carbocycles. The number of hydrogen-bond donors (Lipinski definition) is 2. The third kappa shape index (κ3) is 34.9. The molecule has 0 spiro atoms. The SMILES string of the molecule is COc1cc(OC)c(C2OCC(C)(COC(=O)/C=C/C(=O)OCCOC(=O)/C=C/C(=O)OCC3(C)COC(c4c(OC)cc(OC)cc4OC)OC3)CO2)c(OC)c1.O=C(Cl)/C=C/C(=O)Cl.O=C(Cl)/C=C/C(=O)OCCOC(=O)/C=C/C(=O)Cl.OCCOCCO.[3H][3H]. The summed E-state index contributed by atoms with van der Waals surface area (Å²) < 4.78 is 100. The summed E-state index contributed by atoms with van der Waals surface area (Å²) in [5.41, 5.74) is -0.271. The van der Waals surface area contributed by atoms with E-state index in [1.165, 1.54) is 42.7 Å². The number of carbonyl (C=O) groups excluding carboxylic acids is 10. The molecule has 0 aromatic heterocycles. The normalized spacial score (nSPS) is 17.6. The number of methoxy groups -OCH3 is 6. The van der Waals surface area contributed by atoms with Crippen LogP contribution in [0.1, 0.15) is 40.5 Å². The van der Waals surface area contributed by atoms with Gasteiger partial charge in [-0.05, 0) is 46.4 Å². The second kappa shape index (κ2) is 45.6. The Morgan fingerprint density at radius 1 is 0.418 bits per heavy atom. The van der Waals surface area contributed by atoms with Gasteiger partial charge in [-0.15, -0.1) is 0 Å². The van der Waals surface area contributed by atoms with Crippen LogP contribution in [-0.2, 0) is 100 Å². The summed E-state index contributed by atoms with van der Waals surface area (Å²) in [6.07, 6.45) is 7.07. The van der Waals surface area contributed by atoms with E-state index in [2.05, 4.69) is 14.2 Å². The summed E-state index contributed by atoms with van der Waals surface area (Å²) in [6, 6.07) is 6.75. The molecule has 2 aliphatic heterocycles. The molecule has 0 unspecified atom stereocenters. The molecular formula is C58H72Cl4O29. The first-order chi connectivity index (χ1) is 44.2. The van der Waals surface area contributed by atoms with E-state index in [0.717, 1.165) is 60.8 Å². The first-order valence-electron chi connectivity index (χ1n) is 27.3. The molecule has 33 heteroatoms. The van der Waals surface area contributed by atoms with Crippen LogP contribution in [-0.4, -0.2) is 202 Å². The number of aliphatic hydroxyl groups excluding tert-OH is 2. The number of aliphatic hydroxyl groups is 2. The molecule has 0 radical (unpaired) electrons. The Morgan fingerprint density at radius 2 is 0.648 bits per heavy atom. The molecule has 2 N–H and O–H groups in total. The molecule has 2 saturated heterocycles. The molecule has 2 heterocycles. The number of ether oxygens (including phenoxy) is 17. The lowest BCUT2D eigenvalue weighted by Gasteiger charge is -2.37. The van der Waals surface area contributed by atoms with Gasteiger partial charge in [0.15, 0.2) is 12.6 Å². The van der Waals surface area contributed by atoms with Crippen LogP contribution in [0.15, 0.2) is 85.0 Å². The maximum Gasteiger partial charge on any atom is 0.331 e. The minimum Gasteiger partial charge on any atom is -0.496 e. The van der Waals surface area contributed by atoms with Crippen molar-refractivity contribution in [3.63, 3.8) is 0 Å². The number of halogens is 4. The standard InChI is InChI=1S/C40H50O18.C10H8Cl2O6.C4H2Cl2O2.C4H10O3.H2/c1-39(21-55-37(56-22-39)35-27(47-5)15-25(45-3)16-28(35)48-6)19-53-33(43)11-9-31(41)51-13-14-52-32(42)10-12-34(44)54-20-40(2)23-57-38(58-24-40)36-29(49-7)17-26(46-4)18-30(36)50-8;11-7(13)1-3-9(15)17-5-6-18-10(16)4-2-8(12)14;5-3(7)1-2-4(6)8;5-1-3-7-4-2-6;/h9-12,15-18,37-38H,13-14,19-24H2,1-8H3;1-4H,5-6H2;1-2H;5-6H,1-4H2;1H/b11-9+,12-10+;3-1+,4-2+;2-1+;;/i;;;;1+2T. The largest absolute Gasteiger partial charge is 0.496 e. The molecule has 2 aromatic carbocycles. The van der Waals surface area contributed by atoms with Crippen molar-refractivity contribution in [2.75, 3.05) is 135 Å². The molecule has 91 heavy (non-hydrogen) atoms. The fourth-order valence-corrected chi connectivity index (χ4v) is 6.82. The summed E-state index contributed by atoms with van der Waals surface area (Å²) in [5.74, 6) is -2.02. The van der Waals surface area contributed by atoms with Crippen molar-refractivity contribution in [3.05, 3.63) is 96.2 Å². The minimum absolute atomic E-state index is 0.0278. The van der Waals surface area contributed by atoms with Crippen LogP contribution in [0.3, 0.4) is 0 Å². The summed E-state index contributed by atoms with van der Waals surface area (Å²) >= 11 is 19.4. The van der Waals surface area contributed by atoms with E-state index in [1.54, 1.807) is 24.3 Å². The van der Waals surface area contributed by atoms with Crippen molar-refractivity contribution in [2.24, 2.45) is 10.8 Å². The summed E-state index contributed by atoms with van der Waals surface area (Å²) in [7, 11) is 9.08. The van der Waals surface area contributed by atoms with Gasteiger partial charge in [-0.1, -0.05) is 13.8 Å². The minimum atomic E-state index is -0.870. The smallest absolute Gasteiger partial charge is 0.331 e. The molecule has 506 valence electrons. The predicted octanol–water partition coefficient (Wildman–Crippen LogP) is 4.85. The highest BCUT2D eigenvalue weighted by molar-refractivity contribution is 6.69. The van der Waals surface area contributed by atoms with Gasteiger partial charge in [0.2, 0.25) is 21.0 Å². The van der Waals surface area contributed by atoms with Gasteiger partial charge in [-0.25, -0.2) is 28.8 Å². The summed E-state index contributed by atoms with van der Waals surface area (Å²) in [4.78, 5) is 111. The Kier molecular flexibility index (Phi) is 39.8. The number of esters is 6. The summed E-state index contributed by atoms with van der Waals surface area (Å²) in [6.45, 7) is 3.87. The van der Waals surface area contributed by atoms with E-state index in [4.69, 9.17) is 126 Å². The predicted molar refractivity (Wildman–Crippen MR) is 320 cm³/mol. The molecule has 2 fully saturated rings. The Balaban J connectivity index is 0.00000196. The van der Waals surface area contributed by atoms with Crippen LogP contribution in [0.25, 0.3) is 0 Å². The molecule has 0 bridgehead atoms. The highest BCUT2D eigenvalue weighted by atomic mass is 35.5. The highest BCUT2D eigenvalue weighted by Gasteiger charge is 2.39. The van der Waals surface area contributed by atoms with E-state index < -0.39 is 80.2 Å². The van der Waals surface area contributed by atoms with Crippen LogP contribution in [0.2, 0.25) is 0 Å². The van der Waals surface area contributed by atoms with E-state index in [0.29, 0.717) is 58.8 Å². The van der Waals surface area contributed by atoms with E-state index >= 15 is 0 Å². The molecule has 0 atom stereocenters. The second-order valence-electron chi connectivity index (χ2n) is 18.2. The zero-order chi connectivity index (χ0) is 70.4. The number of benzene rings is 2. The maximum atomic E-state index is 12.3. The average Bonchev–Trinajstić information content (AvgIpc) is 0.810. The molecule has 4 rings (SSSR count). The quantitative estimate of drug-likeness (QED) is 0.0325. The number of hydrogen-bond acceptors (Lipinski definition) is 29. The molecule has 0 amide bonds. The van der Waals surface area contributed by atoms with Crippen molar-refractivity contribution < 1.29 is 142 Å². The topological polar surface area (TPSA) is 368 Å².